The minimum Gasteiger partial charge on any atom is -0.354 e. The van der Waals surface area contributed by atoms with Crippen molar-refractivity contribution in [3.05, 3.63) is 23.1 Å². The van der Waals surface area contributed by atoms with Crippen LogP contribution >= 0.6 is 11.8 Å². The van der Waals surface area contributed by atoms with E-state index < -0.39 is 0 Å². The molecule has 24 heavy (non-hydrogen) atoms. The molecule has 1 saturated heterocycles. The lowest BCUT2D eigenvalue weighted by atomic mass is 10.1. The molecular weight excluding hydrogens is 322 g/mol. The average molecular weight is 343 g/mol. The van der Waals surface area contributed by atoms with Crippen molar-refractivity contribution in [2.75, 3.05) is 29.5 Å². The molecule has 126 valence electrons. The van der Waals surface area contributed by atoms with Crippen LogP contribution in [0.5, 0.6) is 0 Å². The Bertz CT molecular complexity index is 799. The zero-order chi connectivity index (χ0) is 16.7. The van der Waals surface area contributed by atoms with Crippen LogP contribution in [-0.2, 0) is 0 Å². The van der Waals surface area contributed by atoms with Gasteiger partial charge in [-0.15, -0.1) is 0 Å². The van der Waals surface area contributed by atoms with Crippen LogP contribution in [0.2, 0.25) is 0 Å². The van der Waals surface area contributed by atoms with Gasteiger partial charge < -0.3 is 10.2 Å². The topological polar surface area (TPSA) is 71.0 Å². The van der Waals surface area contributed by atoms with E-state index in [1.165, 1.54) is 0 Å². The number of fused-ring (bicyclic) bond motifs is 1. The lowest BCUT2D eigenvalue weighted by Crippen LogP contribution is -2.35. The van der Waals surface area contributed by atoms with E-state index in [0.29, 0.717) is 11.7 Å². The van der Waals surface area contributed by atoms with Crippen molar-refractivity contribution in [3.8, 4) is 0 Å². The van der Waals surface area contributed by atoms with Crippen LogP contribution in [0.1, 0.15) is 34.7 Å². The Morgan fingerprint density at radius 3 is 2.67 bits per heavy atom. The standard InChI is InChI=1S/C17H21N5OS/c1-10-9-11(2)18-14-13(10)16(22-5-7-24-8-6-22)21-15(20-14)17(23)19-12-3-4-12/h9,12H,3-8H2,1-2H3,(H,19,23). The SMILES string of the molecule is Cc1cc(C)c2c(N3CCSCC3)nc(C(=O)NC3CC3)nc2n1. The van der Waals surface area contributed by atoms with Gasteiger partial charge in [0.15, 0.2) is 5.65 Å². The second kappa shape index (κ2) is 6.20. The van der Waals surface area contributed by atoms with Crippen LogP contribution < -0.4 is 10.2 Å². The average Bonchev–Trinajstić information content (AvgIpc) is 3.38. The fourth-order valence-electron chi connectivity index (χ4n) is 3.04. The molecule has 0 aromatic carbocycles. The summed E-state index contributed by atoms with van der Waals surface area (Å²) in [4.78, 5) is 28.4. The molecule has 1 amide bonds. The first-order valence-corrected chi connectivity index (χ1v) is 9.57. The fraction of sp³-hybridized carbons (Fsp3) is 0.529. The van der Waals surface area contributed by atoms with Crippen molar-refractivity contribution in [2.24, 2.45) is 0 Å². The molecule has 0 unspecified atom stereocenters. The van der Waals surface area contributed by atoms with Crippen LogP contribution in [0.25, 0.3) is 11.0 Å². The van der Waals surface area contributed by atoms with Gasteiger partial charge in [0.05, 0.1) is 5.39 Å². The molecule has 0 radical (unpaired) electrons. The molecule has 2 aromatic rings. The van der Waals surface area contributed by atoms with Gasteiger partial charge in [-0.05, 0) is 38.3 Å². The molecule has 1 aliphatic heterocycles. The maximum atomic E-state index is 12.5. The minimum atomic E-state index is -0.187. The molecule has 2 aromatic heterocycles. The number of nitrogens with zero attached hydrogens (tertiary/aromatic N) is 4. The van der Waals surface area contributed by atoms with Gasteiger partial charge in [-0.3, -0.25) is 4.79 Å². The zero-order valence-corrected chi connectivity index (χ0v) is 14.8. The van der Waals surface area contributed by atoms with E-state index in [0.717, 1.165) is 59.9 Å². The molecular formula is C17H21N5OS. The second-order valence-electron chi connectivity index (χ2n) is 6.50. The van der Waals surface area contributed by atoms with Crippen molar-refractivity contribution in [1.82, 2.24) is 20.3 Å². The molecule has 4 rings (SSSR count). The van der Waals surface area contributed by atoms with E-state index in [-0.39, 0.29) is 11.7 Å². The third-order valence-corrected chi connectivity index (χ3v) is 5.34. The molecule has 1 aliphatic carbocycles. The van der Waals surface area contributed by atoms with Crippen LogP contribution in [-0.4, -0.2) is 51.5 Å². The summed E-state index contributed by atoms with van der Waals surface area (Å²) in [6.07, 6.45) is 2.10. The Morgan fingerprint density at radius 2 is 1.96 bits per heavy atom. The highest BCUT2D eigenvalue weighted by Gasteiger charge is 2.27. The van der Waals surface area contributed by atoms with Crippen molar-refractivity contribution in [1.29, 1.82) is 0 Å². The summed E-state index contributed by atoms with van der Waals surface area (Å²) in [6, 6.07) is 2.34. The van der Waals surface area contributed by atoms with Gasteiger partial charge in [0.25, 0.3) is 5.91 Å². The second-order valence-corrected chi connectivity index (χ2v) is 7.72. The van der Waals surface area contributed by atoms with Crippen LogP contribution in [0.15, 0.2) is 6.07 Å². The normalized spacial score (nSPS) is 18.0. The summed E-state index contributed by atoms with van der Waals surface area (Å²) < 4.78 is 0. The van der Waals surface area contributed by atoms with Gasteiger partial charge in [-0.1, -0.05) is 0 Å². The molecule has 1 saturated carbocycles. The highest BCUT2D eigenvalue weighted by molar-refractivity contribution is 7.99. The van der Waals surface area contributed by atoms with Crippen molar-refractivity contribution < 1.29 is 4.79 Å². The van der Waals surface area contributed by atoms with E-state index in [2.05, 4.69) is 38.2 Å². The van der Waals surface area contributed by atoms with Gasteiger partial charge in [0.1, 0.15) is 5.82 Å². The molecule has 3 heterocycles. The smallest absolute Gasteiger partial charge is 0.289 e. The number of carbonyl (C=O) groups excluding carboxylic acids is 1. The largest absolute Gasteiger partial charge is 0.354 e. The van der Waals surface area contributed by atoms with Gasteiger partial charge in [-0.25, -0.2) is 15.0 Å². The summed E-state index contributed by atoms with van der Waals surface area (Å²) in [5, 5.41) is 3.95. The number of nitrogens with one attached hydrogen (secondary N) is 1. The fourth-order valence-corrected chi connectivity index (χ4v) is 3.94. The maximum absolute atomic E-state index is 12.5. The summed E-state index contributed by atoms with van der Waals surface area (Å²) >= 11 is 1.95. The molecule has 0 bridgehead atoms. The quantitative estimate of drug-likeness (QED) is 0.920. The van der Waals surface area contributed by atoms with Crippen LogP contribution in [0, 0.1) is 13.8 Å². The van der Waals surface area contributed by atoms with E-state index in [1.54, 1.807) is 0 Å². The zero-order valence-electron chi connectivity index (χ0n) is 14.0. The molecule has 2 fully saturated rings. The highest BCUT2D eigenvalue weighted by Crippen LogP contribution is 2.29. The third-order valence-electron chi connectivity index (χ3n) is 4.40. The predicted molar refractivity (Wildman–Crippen MR) is 96.8 cm³/mol. The van der Waals surface area contributed by atoms with Gasteiger partial charge >= 0.3 is 0 Å². The molecule has 7 heteroatoms. The number of carbonyl (C=O) groups is 1. The Balaban J connectivity index is 1.83. The minimum absolute atomic E-state index is 0.187. The first-order chi connectivity index (χ1) is 11.6. The van der Waals surface area contributed by atoms with Gasteiger partial charge in [0.2, 0.25) is 5.82 Å². The van der Waals surface area contributed by atoms with Crippen molar-refractivity contribution in [3.63, 3.8) is 0 Å². The van der Waals surface area contributed by atoms with Crippen molar-refractivity contribution >= 4 is 34.5 Å². The first-order valence-electron chi connectivity index (χ1n) is 8.41. The number of aromatic nitrogens is 3. The van der Waals surface area contributed by atoms with Gasteiger partial charge in [0, 0.05) is 36.3 Å². The Morgan fingerprint density at radius 1 is 1.21 bits per heavy atom. The number of amides is 1. The Hall–Kier alpha value is -1.89. The molecule has 2 aliphatic rings. The predicted octanol–water partition coefficient (Wildman–Crippen LogP) is 2.09. The summed E-state index contributed by atoms with van der Waals surface area (Å²) in [5.74, 6) is 3.06. The van der Waals surface area contributed by atoms with Crippen LogP contribution in [0.4, 0.5) is 5.82 Å². The number of aryl methyl sites for hydroxylation is 2. The third kappa shape index (κ3) is 3.05. The highest BCUT2D eigenvalue weighted by atomic mass is 32.2. The molecule has 6 nitrogen and oxygen atoms in total. The molecule has 0 atom stereocenters. The monoisotopic (exact) mass is 343 g/mol. The molecule has 1 N–H and O–H groups in total. The number of hydrogen-bond acceptors (Lipinski definition) is 6. The van der Waals surface area contributed by atoms with E-state index in [9.17, 15) is 4.79 Å². The Labute approximate surface area is 145 Å². The molecule has 0 spiro atoms. The van der Waals surface area contributed by atoms with E-state index >= 15 is 0 Å². The number of rotatable bonds is 3. The first kappa shape index (κ1) is 15.6. The summed E-state index contributed by atoms with van der Waals surface area (Å²) in [7, 11) is 0. The number of hydrogen-bond donors (Lipinski definition) is 1. The van der Waals surface area contributed by atoms with E-state index in [1.807, 2.05) is 18.7 Å². The maximum Gasteiger partial charge on any atom is 0.289 e. The summed E-state index contributed by atoms with van der Waals surface area (Å²) in [6.45, 7) is 5.89. The van der Waals surface area contributed by atoms with Gasteiger partial charge in [-0.2, -0.15) is 11.8 Å². The number of thioether (sulfide) groups is 1. The lowest BCUT2D eigenvalue weighted by molar-refractivity contribution is 0.0941. The van der Waals surface area contributed by atoms with Crippen molar-refractivity contribution in [2.45, 2.75) is 32.7 Å². The lowest BCUT2D eigenvalue weighted by Gasteiger charge is -2.28. The summed E-state index contributed by atoms with van der Waals surface area (Å²) in [5.41, 5.74) is 2.64. The number of pyridine rings is 1. The van der Waals surface area contributed by atoms with Crippen LogP contribution in [0.3, 0.4) is 0 Å². The van der Waals surface area contributed by atoms with E-state index in [4.69, 9.17) is 0 Å². The Kier molecular flexibility index (Phi) is 4.04. The number of anilines is 1.